The molecule has 31 heavy (non-hydrogen) atoms. The number of nitrogens with zero attached hydrogens (tertiary/aromatic N) is 2. The van der Waals surface area contributed by atoms with Gasteiger partial charge >= 0.3 is 5.97 Å². The molecule has 0 bridgehead atoms. The van der Waals surface area contributed by atoms with Gasteiger partial charge in [0.15, 0.2) is 0 Å². The summed E-state index contributed by atoms with van der Waals surface area (Å²) in [7, 11) is 0. The minimum atomic E-state index is -1.24. The Balaban J connectivity index is 1.67. The summed E-state index contributed by atoms with van der Waals surface area (Å²) in [5.74, 6) is -1.67. The van der Waals surface area contributed by atoms with Gasteiger partial charge in [-0.1, -0.05) is 42.5 Å². The summed E-state index contributed by atoms with van der Waals surface area (Å²) in [5, 5.41) is 10.9. The molecule has 1 aliphatic rings. The zero-order chi connectivity index (χ0) is 22.0. The molecule has 1 heterocycles. The predicted octanol–water partition coefficient (Wildman–Crippen LogP) is 3.41. The summed E-state index contributed by atoms with van der Waals surface area (Å²) < 4.78 is 5.43. The third-order valence-electron chi connectivity index (χ3n) is 4.95. The maximum absolute atomic E-state index is 13.0. The Bertz CT molecular complexity index is 1140. The van der Waals surface area contributed by atoms with E-state index in [1.165, 1.54) is 36.4 Å². The van der Waals surface area contributed by atoms with Crippen molar-refractivity contribution < 1.29 is 24.0 Å². The fourth-order valence-corrected chi connectivity index (χ4v) is 3.42. The number of nitro benzene ring substituents is 1. The summed E-state index contributed by atoms with van der Waals surface area (Å²) in [6.45, 7) is 0. The van der Waals surface area contributed by atoms with Gasteiger partial charge in [-0.05, 0) is 29.8 Å². The normalized spacial score (nSPS) is 13.6. The van der Waals surface area contributed by atoms with Crippen LogP contribution in [0.1, 0.15) is 26.3 Å². The van der Waals surface area contributed by atoms with E-state index >= 15 is 0 Å². The molecule has 0 N–H and O–H groups in total. The zero-order valence-corrected chi connectivity index (χ0v) is 16.1. The first kappa shape index (κ1) is 20.0. The summed E-state index contributed by atoms with van der Waals surface area (Å²) >= 11 is 0. The van der Waals surface area contributed by atoms with E-state index in [0.29, 0.717) is 5.56 Å². The SMILES string of the molecule is O=C(Oc1ccccc1)[C@@H](Cc1ccc([N+](=O)[O-])cc1)N1C(=O)c2ccccc2C1=O. The van der Waals surface area contributed by atoms with Crippen molar-refractivity contribution in [2.45, 2.75) is 12.5 Å². The summed E-state index contributed by atoms with van der Waals surface area (Å²) in [5.41, 5.74) is 0.868. The molecule has 0 aliphatic carbocycles. The van der Waals surface area contributed by atoms with Gasteiger partial charge in [0, 0.05) is 18.6 Å². The van der Waals surface area contributed by atoms with Crippen molar-refractivity contribution >= 4 is 23.5 Å². The number of hydrogen-bond donors (Lipinski definition) is 0. The van der Waals surface area contributed by atoms with E-state index in [-0.39, 0.29) is 29.0 Å². The van der Waals surface area contributed by atoms with E-state index in [4.69, 9.17) is 4.74 Å². The van der Waals surface area contributed by atoms with Gasteiger partial charge in [-0.3, -0.25) is 24.6 Å². The number of non-ortho nitro benzene ring substituents is 1. The molecular weight excluding hydrogens is 400 g/mol. The first-order chi connectivity index (χ1) is 15.0. The Hall–Kier alpha value is -4.33. The van der Waals surface area contributed by atoms with Crippen LogP contribution in [0.2, 0.25) is 0 Å². The molecule has 8 heteroatoms. The Morgan fingerprint density at radius 3 is 1.97 bits per heavy atom. The molecule has 3 aromatic carbocycles. The highest BCUT2D eigenvalue weighted by molar-refractivity contribution is 6.22. The number of ether oxygens (including phenoxy) is 1. The predicted molar refractivity (Wildman–Crippen MR) is 110 cm³/mol. The number of imide groups is 1. The third kappa shape index (κ3) is 3.91. The molecule has 3 aromatic rings. The van der Waals surface area contributed by atoms with Crippen molar-refractivity contribution in [3.05, 3.63) is 106 Å². The third-order valence-corrected chi connectivity index (χ3v) is 4.95. The summed E-state index contributed by atoms with van der Waals surface area (Å²) in [6.07, 6.45) is -0.0465. The molecule has 1 aliphatic heterocycles. The van der Waals surface area contributed by atoms with E-state index in [0.717, 1.165) is 4.90 Å². The van der Waals surface area contributed by atoms with Crippen molar-refractivity contribution in [1.82, 2.24) is 4.90 Å². The van der Waals surface area contributed by atoms with Crippen molar-refractivity contribution in [2.24, 2.45) is 0 Å². The molecule has 4 rings (SSSR count). The van der Waals surface area contributed by atoms with Crippen LogP contribution in [0.3, 0.4) is 0 Å². The highest BCUT2D eigenvalue weighted by Gasteiger charge is 2.43. The van der Waals surface area contributed by atoms with Crippen LogP contribution >= 0.6 is 0 Å². The van der Waals surface area contributed by atoms with Gasteiger partial charge in [0.1, 0.15) is 11.8 Å². The van der Waals surface area contributed by atoms with Crippen molar-refractivity contribution in [2.75, 3.05) is 0 Å². The first-order valence-electron chi connectivity index (χ1n) is 9.42. The second-order valence-electron chi connectivity index (χ2n) is 6.90. The Kier molecular flexibility index (Phi) is 5.28. The number of amides is 2. The maximum atomic E-state index is 13.0. The Labute approximate surface area is 176 Å². The van der Waals surface area contributed by atoms with Crippen LogP contribution < -0.4 is 4.74 Å². The average molecular weight is 416 g/mol. The second-order valence-corrected chi connectivity index (χ2v) is 6.90. The number of rotatable bonds is 6. The molecule has 1 atom stereocenters. The standard InChI is InChI=1S/C23H16N2O6/c26-21-18-8-4-5-9-19(18)22(27)24(21)20(23(28)31-17-6-2-1-3-7-17)14-15-10-12-16(13-11-15)25(29)30/h1-13,20H,14H2/t20-/m1/s1. The summed E-state index contributed by atoms with van der Waals surface area (Å²) in [6, 6.07) is 19.0. The van der Waals surface area contributed by atoms with Crippen LogP contribution in [0.5, 0.6) is 5.75 Å². The van der Waals surface area contributed by atoms with Gasteiger partial charge in [-0.25, -0.2) is 4.79 Å². The molecule has 0 saturated carbocycles. The molecule has 2 amide bonds. The van der Waals surface area contributed by atoms with Gasteiger partial charge in [-0.15, -0.1) is 0 Å². The molecule has 8 nitrogen and oxygen atoms in total. The molecule has 0 aromatic heterocycles. The Morgan fingerprint density at radius 2 is 1.42 bits per heavy atom. The number of fused-ring (bicyclic) bond motifs is 1. The molecular formula is C23H16N2O6. The van der Waals surface area contributed by atoms with Gasteiger partial charge in [0.2, 0.25) is 0 Å². The zero-order valence-electron chi connectivity index (χ0n) is 16.1. The molecule has 0 radical (unpaired) electrons. The number of hydrogen-bond acceptors (Lipinski definition) is 6. The highest BCUT2D eigenvalue weighted by atomic mass is 16.6. The van der Waals surface area contributed by atoms with E-state index in [1.54, 1.807) is 42.5 Å². The van der Waals surface area contributed by atoms with Crippen LogP contribution in [0.25, 0.3) is 0 Å². The fourth-order valence-electron chi connectivity index (χ4n) is 3.42. The van der Waals surface area contributed by atoms with Gasteiger partial charge in [0.25, 0.3) is 17.5 Å². The average Bonchev–Trinajstić information content (AvgIpc) is 3.03. The Morgan fingerprint density at radius 1 is 0.871 bits per heavy atom. The van der Waals surface area contributed by atoms with Gasteiger partial charge in [-0.2, -0.15) is 0 Å². The van der Waals surface area contributed by atoms with Crippen LogP contribution in [-0.2, 0) is 11.2 Å². The minimum absolute atomic E-state index is 0.0465. The van der Waals surface area contributed by atoms with E-state index in [2.05, 4.69) is 0 Å². The first-order valence-corrected chi connectivity index (χ1v) is 9.42. The van der Waals surface area contributed by atoms with E-state index in [1.807, 2.05) is 0 Å². The lowest BCUT2D eigenvalue weighted by Gasteiger charge is -2.24. The lowest BCUT2D eigenvalue weighted by atomic mass is 10.0. The van der Waals surface area contributed by atoms with Gasteiger partial charge in [0.05, 0.1) is 16.1 Å². The maximum Gasteiger partial charge on any atom is 0.335 e. The number of carbonyl (C=O) groups is 3. The van der Waals surface area contributed by atoms with Crippen molar-refractivity contribution in [3.63, 3.8) is 0 Å². The number of benzene rings is 3. The smallest absolute Gasteiger partial charge is 0.335 e. The topological polar surface area (TPSA) is 107 Å². The number of para-hydroxylation sites is 1. The van der Waals surface area contributed by atoms with E-state index < -0.39 is 28.7 Å². The molecule has 0 unspecified atom stereocenters. The monoisotopic (exact) mass is 416 g/mol. The molecule has 0 fully saturated rings. The van der Waals surface area contributed by atoms with Crippen molar-refractivity contribution in [3.8, 4) is 5.75 Å². The van der Waals surface area contributed by atoms with Crippen molar-refractivity contribution in [1.29, 1.82) is 0 Å². The largest absolute Gasteiger partial charge is 0.425 e. The van der Waals surface area contributed by atoms with E-state index in [9.17, 15) is 24.5 Å². The lowest BCUT2D eigenvalue weighted by molar-refractivity contribution is -0.384. The van der Waals surface area contributed by atoms with Crippen LogP contribution in [-0.4, -0.2) is 33.6 Å². The number of nitro groups is 1. The minimum Gasteiger partial charge on any atom is -0.425 e. The quantitative estimate of drug-likeness (QED) is 0.200. The van der Waals surface area contributed by atoms with Crippen LogP contribution in [0, 0.1) is 10.1 Å². The summed E-state index contributed by atoms with van der Waals surface area (Å²) in [4.78, 5) is 50.2. The van der Waals surface area contributed by atoms with Crippen LogP contribution in [0.4, 0.5) is 5.69 Å². The number of esters is 1. The fraction of sp³-hybridized carbons (Fsp3) is 0.0870. The van der Waals surface area contributed by atoms with Crippen LogP contribution in [0.15, 0.2) is 78.9 Å². The highest BCUT2D eigenvalue weighted by Crippen LogP contribution is 2.27. The molecule has 0 spiro atoms. The lowest BCUT2D eigenvalue weighted by Crippen LogP contribution is -2.48. The second kappa shape index (κ2) is 8.19. The molecule has 154 valence electrons. The number of carbonyl (C=O) groups excluding carboxylic acids is 3. The molecule has 0 saturated heterocycles. The van der Waals surface area contributed by atoms with Gasteiger partial charge < -0.3 is 4.74 Å².